The molecular formula is C14H20FN3O2. The number of carbonyl (C=O) groups is 1. The molecule has 20 heavy (non-hydrogen) atoms. The number of nitrogens with two attached hydrogens (primary N) is 1. The van der Waals surface area contributed by atoms with Crippen molar-refractivity contribution in [3.63, 3.8) is 0 Å². The summed E-state index contributed by atoms with van der Waals surface area (Å²) in [5, 5.41) is 0. The zero-order valence-electron chi connectivity index (χ0n) is 11.6. The summed E-state index contributed by atoms with van der Waals surface area (Å²) >= 11 is 0. The van der Waals surface area contributed by atoms with Gasteiger partial charge in [-0.3, -0.25) is 0 Å². The molecule has 1 aliphatic heterocycles. The number of hydrogen-bond acceptors (Lipinski definition) is 4. The van der Waals surface area contributed by atoms with Crippen LogP contribution in [0.5, 0.6) is 0 Å². The molecule has 1 amide bonds. The summed E-state index contributed by atoms with van der Waals surface area (Å²) in [4.78, 5) is 15.3. The summed E-state index contributed by atoms with van der Waals surface area (Å²) in [5.41, 5.74) is 6.78. The smallest absolute Gasteiger partial charge is 0.409 e. The second-order valence-electron chi connectivity index (χ2n) is 4.65. The largest absolute Gasteiger partial charge is 0.450 e. The lowest BCUT2D eigenvalue weighted by molar-refractivity contribution is 0.105. The van der Waals surface area contributed by atoms with Gasteiger partial charge in [0, 0.05) is 44.0 Å². The third kappa shape index (κ3) is 3.19. The van der Waals surface area contributed by atoms with Crippen molar-refractivity contribution in [2.45, 2.75) is 13.5 Å². The second kappa shape index (κ2) is 6.56. The minimum Gasteiger partial charge on any atom is -0.450 e. The van der Waals surface area contributed by atoms with Crippen LogP contribution in [0.2, 0.25) is 0 Å². The van der Waals surface area contributed by atoms with Crippen molar-refractivity contribution >= 4 is 11.8 Å². The lowest BCUT2D eigenvalue weighted by Gasteiger charge is -2.35. The van der Waals surface area contributed by atoms with Gasteiger partial charge in [0.15, 0.2) is 0 Å². The zero-order valence-corrected chi connectivity index (χ0v) is 11.6. The Kier molecular flexibility index (Phi) is 4.79. The first-order valence-corrected chi connectivity index (χ1v) is 6.80. The molecule has 1 aromatic carbocycles. The molecule has 1 aromatic rings. The lowest BCUT2D eigenvalue weighted by atomic mass is 10.1. The van der Waals surface area contributed by atoms with Gasteiger partial charge in [-0.25, -0.2) is 9.18 Å². The first-order valence-electron chi connectivity index (χ1n) is 6.80. The van der Waals surface area contributed by atoms with E-state index in [1.54, 1.807) is 17.9 Å². The van der Waals surface area contributed by atoms with Gasteiger partial charge >= 0.3 is 6.09 Å². The van der Waals surface area contributed by atoms with Gasteiger partial charge in [0.1, 0.15) is 5.82 Å². The van der Waals surface area contributed by atoms with Crippen molar-refractivity contribution in [2.75, 3.05) is 37.7 Å². The van der Waals surface area contributed by atoms with Gasteiger partial charge in [-0.05, 0) is 19.1 Å². The van der Waals surface area contributed by atoms with Crippen LogP contribution in [0.4, 0.5) is 14.9 Å². The Bertz CT molecular complexity index is 473. The summed E-state index contributed by atoms with van der Waals surface area (Å²) in [6, 6.07) is 5.08. The summed E-state index contributed by atoms with van der Waals surface area (Å²) < 4.78 is 18.7. The molecule has 1 saturated heterocycles. The molecule has 1 aliphatic rings. The summed E-state index contributed by atoms with van der Waals surface area (Å²) in [6.07, 6.45) is -0.281. The third-order valence-electron chi connectivity index (χ3n) is 3.43. The van der Waals surface area contributed by atoms with E-state index in [2.05, 4.69) is 4.90 Å². The number of rotatable bonds is 3. The number of anilines is 1. The van der Waals surface area contributed by atoms with E-state index < -0.39 is 0 Å². The Labute approximate surface area is 118 Å². The third-order valence-corrected chi connectivity index (χ3v) is 3.43. The van der Waals surface area contributed by atoms with Gasteiger partial charge in [-0.15, -0.1) is 0 Å². The van der Waals surface area contributed by atoms with E-state index in [4.69, 9.17) is 10.5 Å². The van der Waals surface area contributed by atoms with Crippen molar-refractivity contribution in [3.8, 4) is 0 Å². The fraction of sp³-hybridized carbons (Fsp3) is 0.500. The number of halogens is 1. The molecule has 0 saturated carbocycles. The number of hydrogen-bond donors (Lipinski definition) is 1. The molecule has 0 aliphatic carbocycles. The zero-order chi connectivity index (χ0) is 14.5. The second-order valence-corrected chi connectivity index (χ2v) is 4.65. The van der Waals surface area contributed by atoms with Gasteiger partial charge in [-0.1, -0.05) is 6.07 Å². The number of amides is 1. The minimum absolute atomic E-state index is 0.197. The Hall–Kier alpha value is -1.82. The van der Waals surface area contributed by atoms with Crippen LogP contribution in [0, 0.1) is 5.82 Å². The predicted octanol–water partition coefficient (Wildman–Crippen LogP) is 1.56. The molecule has 0 unspecified atom stereocenters. The SMILES string of the molecule is CCOC(=O)N1CCN(c2ccc(CN)c(F)c2)CC1. The maximum atomic E-state index is 13.7. The average Bonchev–Trinajstić information content (AvgIpc) is 2.47. The van der Waals surface area contributed by atoms with Crippen molar-refractivity contribution in [1.82, 2.24) is 4.90 Å². The number of piperazine rings is 1. The van der Waals surface area contributed by atoms with Crippen LogP contribution in [-0.2, 0) is 11.3 Å². The molecule has 1 heterocycles. The molecule has 1 fully saturated rings. The number of ether oxygens (including phenoxy) is 1. The van der Waals surface area contributed by atoms with E-state index in [0.717, 1.165) is 5.69 Å². The molecule has 0 bridgehead atoms. The highest BCUT2D eigenvalue weighted by Crippen LogP contribution is 2.20. The van der Waals surface area contributed by atoms with Crippen LogP contribution in [0.3, 0.4) is 0 Å². The van der Waals surface area contributed by atoms with Crippen molar-refractivity contribution in [3.05, 3.63) is 29.6 Å². The van der Waals surface area contributed by atoms with Crippen molar-refractivity contribution in [1.29, 1.82) is 0 Å². The van der Waals surface area contributed by atoms with Crippen molar-refractivity contribution in [2.24, 2.45) is 5.73 Å². The number of carbonyl (C=O) groups excluding carboxylic acids is 1. The fourth-order valence-corrected chi connectivity index (χ4v) is 2.26. The standard InChI is InChI=1S/C14H20FN3O2/c1-2-20-14(19)18-7-5-17(6-8-18)12-4-3-11(10-16)13(15)9-12/h3-4,9H,2,5-8,10,16H2,1H3. The first kappa shape index (κ1) is 14.6. The molecule has 2 N–H and O–H groups in total. The monoisotopic (exact) mass is 281 g/mol. The molecule has 110 valence electrons. The fourth-order valence-electron chi connectivity index (χ4n) is 2.26. The Morgan fingerprint density at radius 3 is 2.60 bits per heavy atom. The minimum atomic E-state index is -0.281. The van der Waals surface area contributed by atoms with E-state index in [1.165, 1.54) is 6.07 Å². The molecule has 0 atom stereocenters. The molecule has 0 spiro atoms. The van der Waals surface area contributed by atoms with Crippen molar-refractivity contribution < 1.29 is 13.9 Å². The van der Waals surface area contributed by atoms with Gasteiger partial charge in [0.2, 0.25) is 0 Å². The normalized spacial score (nSPS) is 15.3. The highest BCUT2D eigenvalue weighted by atomic mass is 19.1. The number of nitrogens with zero attached hydrogens (tertiary/aromatic N) is 2. The first-order chi connectivity index (χ1) is 9.65. The molecule has 5 nitrogen and oxygen atoms in total. The van der Waals surface area contributed by atoms with E-state index in [0.29, 0.717) is 38.3 Å². The molecule has 6 heteroatoms. The summed E-state index contributed by atoms with van der Waals surface area (Å²) in [6.45, 7) is 4.86. The Balaban J connectivity index is 1.97. The maximum Gasteiger partial charge on any atom is 0.409 e. The topological polar surface area (TPSA) is 58.8 Å². The van der Waals surface area contributed by atoms with Crippen LogP contribution < -0.4 is 10.6 Å². The van der Waals surface area contributed by atoms with E-state index in [1.807, 2.05) is 6.07 Å². The highest BCUT2D eigenvalue weighted by molar-refractivity contribution is 5.68. The quantitative estimate of drug-likeness (QED) is 0.913. The maximum absolute atomic E-state index is 13.7. The van der Waals surface area contributed by atoms with Gasteiger partial charge in [-0.2, -0.15) is 0 Å². The molecular weight excluding hydrogens is 261 g/mol. The summed E-state index contributed by atoms with van der Waals surface area (Å²) in [5.74, 6) is -0.280. The molecule has 0 radical (unpaired) electrons. The number of benzene rings is 1. The molecule has 2 rings (SSSR count). The van der Waals surface area contributed by atoms with E-state index in [9.17, 15) is 9.18 Å². The van der Waals surface area contributed by atoms with Crippen LogP contribution in [0.1, 0.15) is 12.5 Å². The Morgan fingerprint density at radius 2 is 2.05 bits per heavy atom. The van der Waals surface area contributed by atoms with Crippen LogP contribution >= 0.6 is 0 Å². The summed E-state index contributed by atoms with van der Waals surface area (Å²) in [7, 11) is 0. The van der Waals surface area contributed by atoms with Crippen LogP contribution in [0.25, 0.3) is 0 Å². The average molecular weight is 281 g/mol. The molecule has 0 aromatic heterocycles. The van der Waals surface area contributed by atoms with E-state index >= 15 is 0 Å². The van der Waals surface area contributed by atoms with Gasteiger partial charge in [0.25, 0.3) is 0 Å². The Morgan fingerprint density at radius 1 is 1.35 bits per heavy atom. The van der Waals surface area contributed by atoms with E-state index in [-0.39, 0.29) is 18.5 Å². The van der Waals surface area contributed by atoms with Crippen LogP contribution in [-0.4, -0.2) is 43.8 Å². The van der Waals surface area contributed by atoms with Crippen LogP contribution in [0.15, 0.2) is 18.2 Å². The lowest BCUT2D eigenvalue weighted by Crippen LogP contribution is -2.49. The highest BCUT2D eigenvalue weighted by Gasteiger charge is 2.22. The predicted molar refractivity (Wildman–Crippen MR) is 75.1 cm³/mol. The van der Waals surface area contributed by atoms with Gasteiger partial charge in [0.05, 0.1) is 6.61 Å². The van der Waals surface area contributed by atoms with Gasteiger partial charge < -0.3 is 20.3 Å².